The maximum absolute atomic E-state index is 11.5. The van der Waals surface area contributed by atoms with Gasteiger partial charge in [-0.1, -0.05) is 12.8 Å². The van der Waals surface area contributed by atoms with E-state index in [4.69, 9.17) is 5.11 Å². The summed E-state index contributed by atoms with van der Waals surface area (Å²) in [4.78, 5) is 34.2. The van der Waals surface area contributed by atoms with E-state index in [1.807, 2.05) is 0 Å². The summed E-state index contributed by atoms with van der Waals surface area (Å²) < 4.78 is 0. The number of H-pyrrole nitrogens is 3. The number of aromatic nitrogens is 4. The Labute approximate surface area is 102 Å². The van der Waals surface area contributed by atoms with E-state index in [0.717, 1.165) is 32.1 Å². The van der Waals surface area contributed by atoms with Crippen molar-refractivity contribution in [2.24, 2.45) is 0 Å². The number of aliphatic hydroxyl groups is 1. The van der Waals surface area contributed by atoms with E-state index in [1.165, 1.54) is 0 Å². The molecule has 98 valence electrons. The molecule has 0 saturated heterocycles. The lowest BCUT2D eigenvalue weighted by molar-refractivity contribution is 0.282. The Kier molecular flexibility index (Phi) is 3.93. The van der Waals surface area contributed by atoms with Crippen LogP contribution in [-0.4, -0.2) is 31.6 Å². The molecule has 2 rings (SSSR count). The highest BCUT2D eigenvalue weighted by Crippen LogP contribution is 2.07. The molecule has 18 heavy (non-hydrogen) atoms. The van der Waals surface area contributed by atoms with Crippen molar-refractivity contribution in [1.82, 2.24) is 19.9 Å². The maximum Gasteiger partial charge on any atom is 0.327 e. The van der Waals surface area contributed by atoms with Crippen molar-refractivity contribution in [2.75, 3.05) is 6.61 Å². The summed E-state index contributed by atoms with van der Waals surface area (Å²) in [5.41, 5.74) is -0.393. The number of aryl methyl sites for hydroxylation is 1. The molecule has 0 bridgehead atoms. The van der Waals surface area contributed by atoms with E-state index in [-0.39, 0.29) is 6.61 Å². The van der Waals surface area contributed by atoms with Gasteiger partial charge in [-0.05, 0) is 12.8 Å². The summed E-state index contributed by atoms with van der Waals surface area (Å²) in [6, 6.07) is 0. The van der Waals surface area contributed by atoms with Crippen LogP contribution in [0.1, 0.15) is 31.5 Å². The van der Waals surface area contributed by atoms with Crippen molar-refractivity contribution in [3.05, 3.63) is 26.7 Å². The topological polar surface area (TPSA) is 115 Å². The van der Waals surface area contributed by atoms with Crippen molar-refractivity contribution in [3.8, 4) is 0 Å². The third kappa shape index (κ3) is 2.86. The molecule has 0 aliphatic carbocycles. The molecule has 2 aromatic heterocycles. The van der Waals surface area contributed by atoms with Gasteiger partial charge < -0.3 is 10.1 Å². The number of rotatable bonds is 6. The molecule has 0 amide bonds. The summed E-state index contributed by atoms with van der Waals surface area (Å²) in [6.07, 6.45) is 4.45. The molecule has 0 saturated carbocycles. The monoisotopic (exact) mass is 252 g/mol. The van der Waals surface area contributed by atoms with Crippen LogP contribution in [0.15, 0.2) is 9.59 Å². The molecule has 0 unspecified atom stereocenters. The summed E-state index contributed by atoms with van der Waals surface area (Å²) in [5.74, 6) is 0.696. The quantitative estimate of drug-likeness (QED) is 0.543. The predicted octanol–water partition coefficient (Wildman–Crippen LogP) is 0.0347. The molecular formula is C11H16N4O3. The molecule has 0 fully saturated rings. The van der Waals surface area contributed by atoms with Gasteiger partial charge in [-0.2, -0.15) is 0 Å². The molecule has 0 aromatic carbocycles. The van der Waals surface area contributed by atoms with Crippen molar-refractivity contribution in [3.63, 3.8) is 0 Å². The van der Waals surface area contributed by atoms with Crippen LogP contribution >= 0.6 is 0 Å². The second-order valence-electron chi connectivity index (χ2n) is 4.20. The number of nitrogens with zero attached hydrogens (tertiary/aromatic N) is 1. The van der Waals surface area contributed by atoms with Crippen molar-refractivity contribution in [1.29, 1.82) is 0 Å². The average Bonchev–Trinajstić information content (AvgIpc) is 2.72. The highest BCUT2D eigenvalue weighted by Gasteiger charge is 2.06. The SMILES string of the molecule is O=c1[nH]c(=O)c2[nH]c(CCCCCCO)nc2[nH]1. The molecule has 7 heteroatoms. The van der Waals surface area contributed by atoms with Crippen LogP contribution in [0, 0.1) is 0 Å². The molecule has 0 atom stereocenters. The first-order chi connectivity index (χ1) is 8.70. The van der Waals surface area contributed by atoms with Gasteiger partial charge >= 0.3 is 5.69 Å². The summed E-state index contributed by atoms with van der Waals surface area (Å²) in [5, 5.41) is 8.64. The Bertz CT molecular complexity index is 625. The Morgan fingerprint density at radius 3 is 2.56 bits per heavy atom. The smallest absolute Gasteiger partial charge is 0.327 e. The van der Waals surface area contributed by atoms with Crippen LogP contribution in [0.25, 0.3) is 11.2 Å². The first-order valence-electron chi connectivity index (χ1n) is 6.03. The van der Waals surface area contributed by atoms with Gasteiger partial charge in [0.1, 0.15) is 11.3 Å². The third-order valence-corrected chi connectivity index (χ3v) is 2.76. The minimum Gasteiger partial charge on any atom is -0.396 e. The Morgan fingerprint density at radius 1 is 1.00 bits per heavy atom. The Hall–Kier alpha value is -1.89. The number of nitrogens with one attached hydrogen (secondary N) is 3. The van der Waals surface area contributed by atoms with E-state index < -0.39 is 11.2 Å². The minimum atomic E-state index is -0.548. The third-order valence-electron chi connectivity index (χ3n) is 2.76. The van der Waals surface area contributed by atoms with E-state index >= 15 is 0 Å². The largest absolute Gasteiger partial charge is 0.396 e. The first-order valence-corrected chi connectivity index (χ1v) is 6.03. The number of imidazole rings is 1. The van der Waals surface area contributed by atoms with Crippen LogP contribution in [0.5, 0.6) is 0 Å². The van der Waals surface area contributed by atoms with Gasteiger partial charge in [0.25, 0.3) is 5.56 Å². The molecule has 0 spiro atoms. The fourth-order valence-corrected chi connectivity index (χ4v) is 1.86. The Balaban J connectivity index is 2.04. The number of fused-ring (bicyclic) bond motifs is 1. The second kappa shape index (κ2) is 5.63. The fraction of sp³-hybridized carbons (Fsp3) is 0.545. The van der Waals surface area contributed by atoms with Crippen LogP contribution < -0.4 is 11.2 Å². The molecule has 2 aromatic rings. The normalized spacial score (nSPS) is 11.2. The lowest BCUT2D eigenvalue weighted by Crippen LogP contribution is -2.21. The molecular weight excluding hydrogens is 236 g/mol. The van der Waals surface area contributed by atoms with Crippen molar-refractivity contribution >= 4 is 11.2 Å². The molecule has 0 aliphatic rings. The highest BCUT2D eigenvalue weighted by atomic mass is 16.3. The first kappa shape index (κ1) is 12.6. The summed E-state index contributed by atoms with van der Waals surface area (Å²) in [6.45, 7) is 0.223. The molecule has 0 aliphatic heterocycles. The summed E-state index contributed by atoms with van der Waals surface area (Å²) >= 11 is 0. The van der Waals surface area contributed by atoms with E-state index in [1.54, 1.807) is 0 Å². The van der Waals surface area contributed by atoms with Gasteiger partial charge in [0.15, 0.2) is 5.65 Å². The number of aromatic amines is 3. The zero-order valence-corrected chi connectivity index (χ0v) is 9.95. The zero-order chi connectivity index (χ0) is 13.0. The minimum absolute atomic E-state index is 0.223. The number of hydrogen-bond donors (Lipinski definition) is 4. The van der Waals surface area contributed by atoms with Crippen molar-refractivity contribution in [2.45, 2.75) is 32.1 Å². The lowest BCUT2D eigenvalue weighted by Gasteiger charge is -1.97. The van der Waals surface area contributed by atoms with Crippen LogP contribution in [-0.2, 0) is 6.42 Å². The lowest BCUT2D eigenvalue weighted by atomic mass is 10.1. The number of hydrogen-bond acceptors (Lipinski definition) is 4. The summed E-state index contributed by atoms with van der Waals surface area (Å²) in [7, 11) is 0. The van der Waals surface area contributed by atoms with Gasteiger partial charge in [-0.15, -0.1) is 0 Å². The van der Waals surface area contributed by atoms with Gasteiger partial charge in [-0.25, -0.2) is 9.78 Å². The number of unbranched alkanes of at least 4 members (excludes halogenated alkanes) is 3. The van der Waals surface area contributed by atoms with E-state index in [9.17, 15) is 9.59 Å². The predicted molar refractivity (Wildman–Crippen MR) is 66.6 cm³/mol. The van der Waals surface area contributed by atoms with Crippen LogP contribution in [0.4, 0.5) is 0 Å². The van der Waals surface area contributed by atoms with Crippen LogP contribution in [0.2, 0.25) is 0 Å². The molecule has 0 radical (unpaired) electrons. The van der Waals surface area contributed by atoms with Gasteiger partial charge in [0, 0.05) is 13.0 Å². The molecule has 4 N–H and O–H groups in total. The Morgan fingerprint density at radius 2 is 1.78 bits per heavy atom. The average molecular weight is 252 g/mol. The van der Waals surface area contributed by atoms with Gasteiger partial charge in [0.05, 0.1) is 0 Å². The molecule has 7 nitrogen and oxygen atoms in total. The van der Waals surface area contributed by atoms with Crippen molar-refractivity contribution < 1.29 is 5.11 Å². The van der Waals surface area contributed by atoms with Gasteiger partial charge in [0.2, 0.25) is 0 Å². The van der Waals surface area contributed by atoms with Gasteiger partial charge in [-0.3, -0.25) is 14.8 Å². The van der Waals surface area contributed by atoms with Crippen LogP contribution in [0.3, 0.4) is 0 Å². The van der Waals surface area contributed by atoms with E-state index in [2.05, 4.69) is 19.9 Å². The maximum atomic E-state index is 11.5. The zero-order valence-electron chi connectivity index (χ0n) is 9.95. The highest BCUT2D eigenvalue weighted by molar-refractivity contribution is 5.68. The standard InChI is InChI=1S/C11H16N4O3/c16-6-4-2-1-3-5-7-12-8-9(13-7)14-11(18)15-10(8)17/h16H,1-6H2,(H3,12,13,14,15,17,18). The molecule has 2 heterocycles. The fourth-order valence-electron chi connectivity index (χ4n) is 1.86. The number of aliphatic hydroxyl groups excluding tert-OH is 1. The second-order valence-corrected chi connectivity index (χ2v) is 4.20. The van der Waals surface area contributed by atoms with E-state index in [0.29, 0.717) is 17.0 Å².